The molecule has 0 aliphatic carbocycles. The lowest BCUT2D eigenvalue weighted by Crippen LogP contribution is -2.66. The summed E-state index contributed by atoms with van der Waals surface area (Å²) in [6.07, 6.45) is 1.39. The fourth-order valence-electron chi connectivity index (χ4n) is 5.44. The number of benzene rings is 1. The highest BCUT2D eigenvalue weighted by Crippen LogP contribution is 2.42. The van der Waals surface area contributed by atoms with Gasteiger partial charge in [-0.2, -0.15) is 0 Å². The summed E-state index contributed by atoms with van der Waals surface area (Å²) < 4.78 is 5.65. The summed E-state index contributed by atoms with van der Waals surface area (Å²) in [4.78, 5) is 53.8. The van der Waals surface area contributed by atoms with E-state index in [0.717, 1.165) is 23.9 Å². The summed E-state index contributed by atoms with van der Waals surface area (Å²) in [6, 6.07) is 7.68. The molecule has 1 aromatic carbocycles. The third-order valence-electron chi connectivity index (χ3n) is 7.72. The van der Waals surface area contributed by atoms with E-state index < -0.39 is 23.3 Å². The van der Waals surface area contributed by atoms with Crippen molar-refractivity contribution in [2.45, 2.75) is 84.9 Å². The Labute approximate surface area is 250 Å². The average molecular weight is 599 g/mol. The van der Waals surface area contributed by atoms with Gasteiger partial charge in [-0.05, 0) is 57.6 Å². The highest BCUT2D eigenvalue weighted by Gasteiger charge is 2.50. The molecule has 4 rings (SSSR count). The van der Waals surface area contributed by atoms with Gasteiger partial charge in [0.15, 0.2) is 0 Å². The minimum absolute atomic E-state index is 0.207. The number of fused-ring (bicyclic) bond motifs is 1. The van der Waals surface area contributed by atoms with Gasteiger partial charge in [-0.1, -0.05) is 32.9 Å². The maximum atomic E-state index is 13.1. The number of nitrogens with one attached hydrogen (secondary N) is 2. The van der Waals surface area contributed by atoms with Crippen molar-refractivity contribution in [3.8, 4) is 0 Å². The van der Waals surface area contributed by atoms with Crippen molar-refractivity contribution in [1.82, 2.24) is 30.1 Å². The lowest BCUT2D eigenvalue weighted by atomic mass is 9.67. The number of thiazole rings is 1. The Morgan fingerprint density at radius 1 is 1.14 bits per heavy atom. The number of hydrogen-bond donors (Lipinski definition) is 3. The van der Waals surface area contributed by atoms with Crippen LogP contribution in [0.15, 0.2) is 29.6 Å². The van der Waals surface area contributed by atoms with Crippen molar-refractivity contribution in [3.05, 3.63) is 46.2 Å². The van der Waals surface area contributed by atoms with Crippen molar-refractivity contribution >= 4 is 40.5 Å². The molecular weight excluding hydrogens is 556 g/mol. The molecule has 2 aromatic heterocycles. The molecule has 3 amide bonds. The second-order valence-corrected chi connectivity index (χ2v) is 13.8. The molecule has 1 aliphatic heterocycles. The number of H-pyrrole nitrogens is 1. The molecule has 42 heavy (non-hydrogen) atoms. The molecule has 0 saturated carbocycles. The fraction of sp³-hybridized carbons (Fsp3) is 0.567. The van der Waals surface area contributed by atoms with Crippen LogP contribution in [0.3, 0.4) is 0 Å². The molecule has 3 heterocycles. The molecule has 12 heteroatoms. The van der Waals surface area contributed by atoms with E-state index in [-0.39, 0.29) is 30.1 Å². The van der Waals surface area contributed by atoms with E-state index in [1.807, 2.05) is 65.8 Å². The maximum Gasteiger partial charge on any atom is 0.410 e. The van der Waals surface area contributed by atoms with E-state index in [0.29, 0.717) is 36.8 Å². The molecule has 3 N–H and O–H groups in total. The monoisotopic (exact) mass is 598 g/mol. The normalized spacial score (nSPS) is 17.7. The first-order chi connectivity index (χ1) is 19.7. The van der Waals surface area contributed by atoms with Crippen LogP contribution in [0, 0.1) is 5.41 Å². The quantitative estimate of drug-likeness (QED) is 0.303. The molecule has 1 saturated heterocycles. The van der Waals surface area contributed by atoms with Crippen LogP contribution in [0.4, 0.5) is 9.59 Å². The molecular formula is C30H42N6O5S. The zero-order valence-electron chi connectivity index (χ0n) is 25.3. The van der Waals surface area contributed by atoms with Crippen LogP contribution in [0.25, 0.3) is 11.0 Å². The molecule has 0 bridgehead atoms. The SMILES string of the molecule is CC(C)(C)OC(=O)N(CCc1nc(C(=O)NCC2(C(C)(C)C)CCCCN2C(=O)O)cs1)Cc1nc2ccccc2[nH]1. The van der Waals surface area contributed by atoms with E-state index >= 15 is 0 Å². The lowest BCUT2D eigenvalue weighted by Gasteiger charge is -2.53. The molecule has 1 atom stereocenters. The first-order valence-corrected chi connectivity index (χ1v) is 15.2. The van der Waals surface area contributed by atoms with Crippen LogP contribution in [0.5, 0.6) is 0 Å². The van der Waals surface area contributed by atoms with Crippen LogP contribution in [0.2, 0.25) is 0 Å². The Hall–Kier alpha value is -3.67. The van der Waals surface area contributed by atoms with Gasteiger partial charge < -0.3 is 29.9 Å². The Kier molecular flexibility index (Phi) is 9.15. The van der Waals surface area contributed by atoms with Gasteiger partial charge in [0.25, 0.3) is 5.91 Å². The first-order valence-electron chi connectivity index (χ1n) is 14.3. The van der Waals surface area contributed by atoms with Gasteiger partial charge in [0, 0.05) is 31.4 Å². The van der Waals surface area contributed by atoms with Gasteiger partial charge in [-0.3, -0.25) is 4.79 Å². The van der Waals surface area contributed by atoms with Crippen LogP contribution >= 0.6 is 11.3 Å². The number of carbonyl (C=O) groups is 3. The van der Waals surface area contributed by atoms with E-state index in [4.69, 9.17) is 4.74 Å². The summed E-state index contributed by atoms with van der Waals surface area (Å²) in [5.74, 6) is 0.301. The minimum atomic E-state index is -0.966. The Bertz CT molecular complexity index is 1390. The number of ether oxygens (including phenoxy) is 1. The maximum absolute atomic E-state index is 13.1. The second-order valence-electron chi connectivity index (χ2n) is 12.8. The van der Waals surface area contributed by atoms with Crippen molar-refractivity contribution in [1.29, 1.82) is 0 Å². The van der Waals surface area contributed by atoms with Gasteiger partial charge in [0.1, 0.15) is 17.1 Å². The van der Waals surface area contributed by atoms with Crippen molar-refractivity contribution in [2.75, 3.05) is 19.6 Å². The smallest absolute Gasteiger partial charge is 0.410 e. The molecule has 0 spiro atoms. The minimum Gasteiger partial charge on any atom is -0.465 e. The number of aromatic amines is 1. The van der Waals surface area contributed by atoms with E-state index in [1.54, 1.807) is 10.3 Å². The number of amides is 3. The number of rotatable bonds is 8. The molecule has 11 nitrogen and oxygen atoms in total. The third-order valence-corrected chi connectivity index (χ3v) is 8.63. The van der Waals surface area contributed by atoms with Crippen molar-refractivity contribution in [3.63, 3.8) is 0 Å². The Morgan fingerprint density at radius 2 is 1.88 bits per heavy atom. The van der Waals surface area contributed by atoms with Gasteiger partial charge in [-0.15, -0.1) is 11.3 Å². The third kappa shape index (κ3) is 7.21. The molecule has 3 aromatic rings. The number of imidazole rings is 1. The van der Waals surface area contributed by atoms with Crippen molar-refractivity contribution in [2.24, 2.45) is 5.41 Å². The van der Waals surface area contributed by atoms with Crippen LogP contribution in [0.1, 0.15) is 82.1 Å². The predicted octanol–water partition coefficient (Wildman–Crippen LogP) is 5.68. The van der Waals surface area contributed by atoms with Crippen LogP contribution in [-0.4, -0.2) is 78.7 Å². The number of nitrogens with zero attached hydrogens (tertiary/aromatic N) is 4. The number of carbonyl (C=O) groups excluding carboxylic acids is 2. The summed E-state index contributed by atoms with van der Waals surface area (Å²) in [7, 11) is 0. The fourth-order valence-corrected chi connectivity index (χ4v) is 6.21. The number of aromatic nitrogens is 3. The topological polar surface area (TPSA) is 141 Å². The second kappa shape index (κ2) is 12.3. The number of para-hydroxylation sites is 2. The van der Waals surface area contributed by atoms with E-state index in [2.05, 4.69) is 20.3 Å². The predicted molar refractivity (Wildman–Crippen MR) is 162 cm³/mol. The number of carboxylic acid groups (broad SMARTS) is 1. The Morgan fingerprint density at radius 3 is 2.55 bits per heavy atom. The number of piperidine rings is 1. The standard InChI is InChI=1S/C30H42N6O5S/c1-28(2,3)30(14-9-10-15-36(30)26(38)39)19-31-25(37)22-18-42-24(34-22)13-16-35(27(40)41-29(4,5)6)17-23-32-20-11-7-8-12-21(20)33-23/h7-8,11-12,18H,9-10,13-17,19H2,1-6H3,(H,31,37)(H,32,33)(H,38,39). The van der Waals surface area contributed by atoms with Gasteiger partial charge in [0.05, 0.1) is 28.1 Å². The summed E-state index contributed by atoms with van der Waals surface area (Å²) in [5, 5.41) is 15.3. The summed E-state index contributed by atoms with van der Waals surface area (Å²) in [5.41, 5.74) is 0.236. The average Bonchev–Trinajstić information content (AvgIpc) is 3.54. The van der Waals surface area contributed by atoms with E-state index in [1.165, 1.54) is 16.2 Å². The van der Waals surface area contributed by atoms with Gasteiger partial charge in [-0.25, -0.2) is 19.6 Å². The molecule has 0 radical (unpaired) electrons. The van der Waals surface area contributed by atoms with Gasteiger partial charge >= 0.3 is 12.2 Å². The summed E-state index contributed by atoms with van der Waals surface area (Å²) >= 11 is 1.35. The number of likely N-dealkylation sites (tertiary alicyclic amines) is 1. The highest BCUT2D eigenvalue weighted by molar-refractivity contribution is 7.09. The Balaban J connectivity index is 1.43. The lowest BCUT2D eigenvalue weighted by molar-refractivity contribution is -0.0231. The largest absolute Gasteiger partial charge is 0.465 e. The molecule has 1 unspecified atom stereocenters. The van der Waals surface area contributed by atoms with Crippen molar-refractivity contribution < 1.29 is 24.2 Å². The molecule has 1 fully saturated rings. The van der Waals surface area contributed by atoms with Gasteiger partial charge in [0.2, 0.25) is 0 Å². The molecule has 228 valence electrons. The summed E-state index contributed by atoms with van der Waals surface area (Å²) in [6.45, 7) is 12.7. The first kappa shape index (κ1) is 31.3. The number of hydrogen-bond acceptors (Lipinski definition) is 7. The van der Waals surface area contributed by atoms with Crippen LogP contribution < -0.4 is 5.32 Å². The zero-order valence-corrected chi connectivity index (χ0v) is 26.1. The molecule has 1 aliphatic rings. The van der Waals surface area contributed by atoms with E-state index in [9.17, 15) is 19.5 Å². The van der Waals surface area contributed by atoms with Crippen LogP contribution in [-0.2, 0) is 17.7 Å². The highest BCUT2D eigenvalue weighted by atomic mass is 32.1. The zero-order chi connectivity index (χ0) is 30.7.